The minimum absolute atomic E-state index is 0. The molecule has 558 valence electrons. The molecule has 12 fully saturated rings. The van der Waals surface area contributed by atoms with Crippen molar-refractivity contribution in [3.05, 3.63) is 0 Å². The molecule has 16 heteroatoms. The Hall–Kier alpha value is -0.820. The number of hydrogen-bond donors (Lipinski definition) is 0. The van der Waals surface area contributed by atoms with E-state index in [1.807, 2.05) is 27.9 Å². The van der Waals surface area contributed by atoms with Gasteiger partial charge < -0.3 is 49.6 Å². The van der Waals surface area contributed by atoms with E-state index in [2.05, 4.69) is 13.8 Å². The first-order valence-electron chi connectivity index (χ1n) is 36.8. The number of halogens is 6. The van der Waals surface area contributed by atoms with Gasteiger partial charge in [-0.3, -0.25) is 0 Å². The summed E-state index contributed by atoms with van der Waals surface area (Å²) in [6.07, 6.45) is 28.0. The summed E-state index contributed by atoms with van der Waals surface area (Å²) in [4.78, 5) is 0. The molecule has 0 aromatic rings. The molecule has 0 radical (unpaired) electrons. The molecule has 3 heterocycles. The number of alkyl halides is 6. The molecule has 92 heavy (non-hydrogen) atoms. The highest BCUT2D eigenvalue weighted by Crippen LogP contribution is 2.48. The summed E-state index contributed by atoms with van der Waals surface area (Å²) in [5, 5.41) is 0. The van der Waals surface area contributed by atoms with Gasteiger partial charge in [0.25, 0.3) is 0 Å². The molecular formula is C76H152F6O10. The van der Waals surface area contributed by atoms with Gasteiger partial charge in [-0.05, 0) is 290 Å². The van der Waals surface area contributed by atoms with Crippen LogP contribution in [0, 0.1) is 82.9 Å². The molecule has 0 spiro atoms. The fraction of sp³-hybridized carbons (Fsp3) is 1.00. The van der Waals surface area contributed by atoms with Crippen LogP contribution in [-0.2, 0) is 33.2 Å². The van der Waals surface area contributed by atoms with Crippen molar-refractivity contribution in [1.29, 1.82) is 0 Å². The molecule has 3 aliphatic heterocycles. The monoisotopic (exact) mass is 1340 g/mol. The summed E-state index contributed by atoms with van der Waals surface area (Å²) in [6.45, 7) is 12.4. The molecule has 0 bridgehead atoms. The van der Waals surface area contributed by atoms with Crippen LogP contribution < -0.4 is 0 Å². The van der Waals surface area contributed by atoms with Crippen molar-refractivity contribution in [1.82, 2.24) is 0 Å². The molecule has 10 nitrogen and oxygen atoms in total. The molecule has 0 amide bonds. The Kier molecular flexibility index (Phi) is 36.7. The van der Waals surface area contributed by atoms with E-state index in [-0.39, 0.29) is 83.3 Å². The van der Waals surface area contributed by atoms with E-state index in [1.165, 1.54) is 161 Å². The van der Waals surface area contributed by atoms with Gasteiger partial charge in [-0.2, -0.15) is 0 Å². The molecular weight excluding hydrogens is 1190 g/mol. The second-order valence-electron chi connectivity index (χ2n) is 31.6. The van der Waals surface area contributed by atoms with Crippen LogP contribution in [0.15, 0.2) is 0 Å². The van der Waals surface area contributed by atoms with Crippen molar-refractivity contribution in [2.75, 3.05) is 26.9 Å². The lowest BCUT2D eigenvalue weighted by atomic mass is 9.69. The third kappa shape index (κ3) is 22.1. The zero-order chi connectivity index (χ0) is 60.4. The quantitative estimate of drug-likeness (QED) is 0.157. The maximum atomic E-state index is 14.7. The third-order valence-electron chi connectivity index (χ3n) is 25.8. The third-order valence-corrected chi connectivity index (χ3v) is 25.8. The molecule has 3 saturated heterocycles. The topological polar surface area (TPSA) is 159 Å². The van der Waals surface area contributed by atoms with E-state index in [4.69, 9.17) is 33.2 Å². The lowest BCUT2D eigenvalue weighted by Crippen LogP contribution is -2.54. The first kappa shape index (κ1) is 83.6. The van der Waals surface area contributed by atoms with Gasteiger partial charge in [-0.1, -0.05) is 68.2 Å². The first-order valence-corrected chi connectivity index (χ1v) is 36.8. The minimum Gasteiger partial charge on any atom is -0.412 e. The average molecular weight is 1340 g/mol. The molecule has 18 atom stereocenters. The van der Waals surface area contributed by atoms with Gasteiger partial charge in [0.1, 0.15) is 0 Å². The Morgan fingerprint density at radius 1 is 0.315 bits per heavy atom. The summed E-state index contributed by atoms with van der Waals surface area (Å²) in [6, 6.07) is 0. The second kappa shape index (κ2) is 40.4. The van der Waals surface area contributed by atoms with Gasteiger partial charge in [0.2, 0.25) is 0 Å². The summed E-state index contributed by atoms with van der Waals surface area (Å²) < 4.78 is 129. The van der Waals surface area contributed by atoms with Crippen molar-refractivity contribution in [2.45, 2.75) is 373 Å². The summed E-state index contributed by atoms with van der Waals surface area (Å²) >= 11 is 0. The second-order valence-corrected chi connectivity index (χ2v) is 31.6. The van der Waals surface area contributed by atoms with Crippen molar-refractivity contribution in [3.63, 3.8) is 0 Å². The molecule has 6 N–H and O–H groups in total. The van der Waals surface area contributed by atoms with Crippen LogP contribution >= 0.6 is 0 Å². The molecule has 18 unspecified atom stereocenters. The number of rotatable bonds is 14. The fourth-order valence-corrected chi connectivity index (χ4v) is 19.7. The Balaban J connectivity index is -0.00000130. The smallest absolute Gasteiger partial charge is 0.160 e. The average Bonchev–Trinajstić information content (AvgIpc) is 0.806. The lowest BCUT2D eigenvalue weighted by Gasteiger charge is -2.45. The molecule has 0 aromatic heterocycles. The van der Waals surface area contributed by atoms with Crippen LogP contribution in [0.2, 0.25) is 0 Å². The highest BCUT2D eigenvalue weighted by Gasteiger charge is 2.52. The van der Waals surface area contributed by atoms with E-state index < -0.39 is 73.7 Å². The molecule has 9 saturated carbocycles. The zero-order valence-electron chi connectivity index (χ0n) is 56.1. The molecule has 12 aliphatic rings. The maximum Gasteiger partial charge on any atom is 0.160 e. The van der Waals surface area contributed by atoms with Gasteiger partial charge in [0.05, 0.1) is 61.0 Å². The number of fused-ring (bicyclic) bond motifs is 3. The summed E-state index contributed by atoms with van der Waals surface area (Å²) in [7, 11) is 1.83. The van der Waals surface area contributed by atoms with Gasteiger partial charge in [0, 0.05) is 35.5 Å². The van der Waals surface area contributed by atoms with Crippen LogP contribution in [0.25, 0.3) is 0 Å². The van der Waals surface area contributed by atoms with Gasteiger partial charge in [-0.15, -0.1) is 0 Å². The largest absolute Gasteiger partial charge is 0.412 e. The summed E-state index contributed by atoms with van der Waals surface area (Å²) in [5.74, 6) is 9.15. The Morgan fingerprint density at radius 2 is 0.554 bits per heavy atom. The van der Waals surface area contributed by atoms with E-state index >= 15 is 0 Å². The predicted octanol–water partition coefficient (Wildman–Crippen LogP) is 19.5. The number of hydrogen-bond acceptors (Lipinski definition) is 7. The van der Waals surface area contributed by atoms with Crippen LogP contribution in [0.5, 0.6) is 0 Å². The molecule has 9 aliphatic carbocycles. The lowest BCUT2D eigenvalue weighted by molar-refractivity contribution is -0.181. The van der Waals surface area contributed by atoms with Crippen LogP contribution in [0.4, 0.5) is 26.3 Å². The van der Waals surface area contributed by atoms with Crippen LogP contribution in [0.1, 0.15) is 284 Å². The van der Waals surface area contributed by atoms with E-state index in [0.29, 0.717) is 62.9 Å². The normalized spacial score (nSPS) is 46.0. The van der Waals surface area contributed by atoms with Crippen LogP contribution in [-0.4, -0.2) is 141 Å². The predicted molar refractivity (Wildman–Crippen MR) is 373 cm³/mol. The zero-order valence-corrected chi connectivity index (χ0v) is 56.1. The fourth-order valence-electron chi connectivity index (χ4n) is 19.7. The van der Waals surface area contributed by atoms with E-state index in [9.17, 15) is 26.3 Å². The van der Waals surface area contributed by atoms with Gasteiger partial charge >= 0.3 is 0 Å². The SMILES string of the molecule is C.C.C.CC1CCC(C2CCC(COC3CC4CCC(C)OC4C(F)C3F)CC2)CC1.CCC1CCC(C2CCC(COC3CC4CCC(C)OC4C(F)C3F)CC2)CC1.COC1CCC(C2CCC(COC3CC4CCC(C)OC4C(F)C3F)CC2)CC1.O.O.O.[HH].[HH].[HH].[HH].[HH].[HH]. The highest BCUT2D eigenvalue weighted by atomic mass is 19.2. The van der Waals surface area contributed by atoms with Gasteiger partial charge in [-0.25, -0.2) is 26.3 Å². The number of ether oxygens (including phenoxy) is 7. The minimum atomic E-state index is -1.55. The van der Waals surface area contributed by atoms with Crippen molar-refractivity contribution in [3.8, 4) is 0 Å². The molecule has 12 rings (SSSR count). The standard InChI is InChI=1S/C25H42F2O2.C24H40F2O3.C24H40F2O2.3CH4.3H2O.6H2/c1-3-17-5-10-19(11-6-17)20-12-7-18(8-13-20)15-28-22-14-21-9-4-16(2)29-25(21)24(27)23(22)26;1-15-3-6-19-13-21(22(25)23(26)24(19)29-15)28-14-16-4-7-17(8-5-16)18-9-11-20(27-2)12-10-18;1-15-3-8-18(9-4-15)19-11-6-17(7-12-19)14-27-21-13-20-10-5-16(2)28-24(20)23(26)22(21)25;;;;;;;;;;;;/h16-25H,3-15H2,1-2H3;15-24H,3-14H2,1-2H3;15-24H,3-14H2,1-2H3;3*1H4;3*1H2;6*1H. The van der Waals surface area contributed by atoms with Crippen molar-refractivity contribution in [2.24, 2.45) is 82.9 Å². The Bertz CT molecular complexity index is 1860. The maximum absolute atomic E-state index is 14.7. The van der Waals surface area contributed by atoms with E-state index in [0.717, 1.165) is 85.9 Å². The Morgan fingerprint density at radius 3 is 0.815 bits per heavy atom. The van der Waals surface area contributed by atoms with Gasteiger partial charge in [0.15, 0.2) is 37.0 Å². The molecule has 0 aromatic carbocycles. The highest BCUT2D eigenvalue weighted by molar-refractivity contribution is 5.00. The van der Waals surface area contributed by atoms with Crippen LogP contribution in [0.3, 0.4) is 0 Å². The first-order chi connectivity index (χ1) is 41.6. The Labute approximate surface area is 565 Å². The van der Waals surface area contributed by atoms with Crippen molar-refractivity contribution < 1.29 is 84.5 Å². The van der Waals surface area contributed by atoms with E-state index in [1.54, 1.807) is 0 Å². The van der Waals surface area contributed by atoms with Crippen molar-refractivity contribution >= 4 is 0 Å². The summed E-state index contributed by atoms with van der Waals surface area (Å²) in [5.41, 5.74) is 0. The number of methoxy groups -OCH3 is 1.